The van der Waals surface area contributed by atoms with Gasteiger partial charge in [-0.25, -0.2) is 8.42 Å². The largest absolute Gasteiger partial charge is 0.296 e. The van der Waals surface area contributed by atoms with Gasteiger partial charge in [0.25, 0.3) is 15.9 Å². The molecule has 168 valence electrons. The standard InChI is InChI=1S/C24H22N4O3S2/c1-18-9-8-14-21(15-18)22(29)25-23-26-27-24(32-23)33(30,31)28(16-19-10-4-2-5-11-19)17-20-12-6-3-7-13-20/h2-15H,16-17H2,1H3,(H,25,26,29). The molecular weight excluding hydrogens is 456 g/mol. The molecule has 0 aliphatic carbocycles. The molecule has 7 nitrogen and oxygen atoms in total. The number of aromatic nitrogens is 2. The lowest BCUT2D eigenvalue weighted by Crippen LogP contribution is -2.30. The van der Waals surface area contributed by atoms with Gasteiger partial charge in [0.2, 0.25) is 9.47 Å². The molecule has 1 N–H and O–H groups in total. The van der Waals surface area contributed by atoms with Crippen molar-refractivity contribution in [3.05, 3.63) is 107 Å². The number of rotatable bonds is 8. The van der Waals surface area contributed by atoms with Gasteiger partial charge in [0.15, 0.2) is 0 Å². The highest BCUT2D eigenvalue weighted by molar-refractivity contribution is 7.91. The molecule has 9 heteroatoms. The van der Waals surface area contributed by atoms with E-state index in [1.165, 1.54) is 4.31 Å². The van der Waals surface area contributed by atoms with Gasteiger partial charge in [0.1, 0.15) is 0 Å². The summed E-state index contributed by atoms with van der Waals surface area (Å²) in [5.41, 5.74) is 3.12. The van der Waals surface area contributed by atoms with E-state index in [-0.39, 0.29) is 28.5 Å². The van der Waals surface area contributed by atoms with Crippen LogP contribution in [0, 0.1) is 6.92 Å². The van der Waals surface area contributed by atoms with Crippen LogP contribution in [-0.2, 0) is 23.1 Å². The summed E-state index contributed by atoms with van der Waals surface area (Å²) in [7, 11) is -3.96. The minimum Gasteiger partial charge on any atom is -0.296 e. The second-order valence-electron chi connectivity index (χ2n) is 7.44. The first-order valence-electron chi connectivity index (χ1n) is 10.2. The first-order chi connectivity index (χ1) is 15.9. The average Bonchev–Trinajstić information content (AvgIpc) is 3.29. The number of carbonyl (C=O) groups is 1. The molecule has 0 bridgehead atoms. The Labute approximate surface area is 196 Å². The van der Waals surface area contributed by atoms with Crippen LogP contribution in [0.2, 0.25) is 0 Å². The van der Waals surface area contributed by atoms with E-state index in [0.717, 1.165) is 28.0 Å². The van der Waals surface area contributed by atoms with Crippen molar-refractivity contribution >= 4 is 32.4 Å². The topological polar surface area (TPSA) is 92.3 Å². The monoisotopic (exact) mass is 478 g/mol. The number of aryl methyl sites for hydroxylation is 1. The van der Waals surface area contributed by atoms with Crippen LogP contribution in [-0.4, -0.2) is 28.8 Å². The number of anilines is 1. The zero-order valence-corrected chi connectivity index (χ0v) is 19.5. The molecule has 0 saturated heterocycles. The van der Waals surface area contributed by atoms with Crippen molar-refractivity contribution in [2.24, 2.45) is 0 Å². The lowest BCUT2D eigenvalue weighted by molar-refractivity contribution is 0.102. The summed E-state index contributed by atoms with van der Waals surface area (Å²) in [6, 6.07) is 25.8. The van der Waals surface area contributed by atoms with Gasteiger partial charge in [-0.3, -0.25) is 10.1 Å². The predicted octanol–water partition coefficient (Wildman–Crippen LogP) is 4.49. The highest BCUT2D eigenvalue weighted by Gasteiger charge is 2.29. The number of amides is 1. The molecule has 0 aliphatic rings. The molecular formula is C24H22N4O3S2. The third kappa shape index (κ3) is 5.70. The molecule has 0 aliphatic heterocycles. The van der Waals surface area contributed by atoms with Crippen molar-refractivity contribution in [1.82, 2.24) is 14.5 Å². The van der Waals surface area contributed by atoms with E-state index in [1.54, 1.807) is 18.2 Å². The van der Waals surface area contributed by atoms with Crippen LogP contribution in [0.3, 0.4) is 0 Å². The minimum absolute atomic E-state index is 0.124. The summed E-state index contributed by atoms with van der Waals surface area (Å²) in [4.78, 5) is 12.5. The zero-order chi connectivity index (χ0) is 23.3. The van der Waals surface area contributed by atoms with Crippen LogP contribution in [0.25, 0.3) is 0 Å². The molecule has 1 amide bonds. The highest BCUT2D eigenvalue weighted by Crippen LogP contribution is 2.26. The van der Waals surface area contributed by atoms with Crippen molar-refractivity contribution in [2.45, 2.75) is 24.4 Å². The Morgan fingerprint density at radius 2 is 1.48 bits per heavy atom. The van der Waals surface area contributed by atoms with E-state index in [1.807, 2.05) is 73.7 Å². The molecule has 33 heavy (non-hydrogen) atoms. The molecule has 0 unspecified atom stereocenters. The molecule has 0 fully saturated rings. The van der Waals surface area contributed by atoms with E-state index in [0.29, 0.717) is 5.56 Å². The molecule has 4 aromatic rings. The number of sulfonamides is 1. The van der Waals surface area contributed by atoms with Gasteiger partial charge in [-0.15, -0.1) is 10.2 Å². The lowest BCUT2D eigenvalue weighted by atomic mass is 10.1. The average molecular weight is 479 g/mol. The summed E-state index contributed by atoms with van der Waals surface area (Å²) in [5, 5.41) is 10.5. The summed E-state index contributed by atoms with van der Waals surface area (Å²) in [6.45, 7) is 2.26. The first kappa shape index (κ1) is 22.8. The molecule has 0 radical (unpaired) electrons. The number of carbonyl (C=O) groups excluding carboxylic acids is 1. The molecule has 0 saturated carbocycles. The van der Waals surface area contributed by atoms with Crippen molar-refractivity contribution in [3.63, 3.8) is 0 Å². The maximum absolute atomic E-state index is 13.5. The van der Waals surface area contributed by atoms with Crippen LogP contribution in [0.5, 0.6) is 0 Å². The zero-order valence-electron chi connectivity index (χ0n) is 17.9. The van der Waals surface area contributed by atoms with Crippen LogP contribution in [0.1, 0.15) is 27.0 Å². The summed E-state index contributed by atoms with van der Waals surface area (Å²) < 4.78 is 28.1. The third-order valence-electron chi connectivity index (χ3n) is 4.87. The van der Waals surface area contributed by atoms with E-state index < -0.39 is 10.0 Å². The molecule has 1 aromatic heterocycles. The fourth-order valence-electron chi connectivity index (χ4n) is 3.23. The number of benzene rings is 3. The molecule has 0 spiro atoms. The fraction of sp³-hybridized carbons (Fsp3) is 0.125. The Hall–Kier alpha value is -3.40. The van der Waals surface area contributed by atoms with Gasteiger partial charge >= 0.3 is 0 Å². The summed E-state index contributed by atoms with van der Waals surface area (Å²) in [6.07, 6.45) is 0. The van der Waals surface area contributed by atoms with Crippen LogP contribution < -0.4 is 5.32 Å². The smallest absolute Gasteiger partial charge is 0.272 e. The van der Waals surface area contributed by atoms with E-state index in [2.05, 4.69) is 15.5 Å². The quantitative estimate of drug-likeness (QED) is 0.377. The molecule has 0 atom stereocenters. The van der Waals surface area contributed by atoms with Gasteiger partial charge in [-0.05, 0) is 30.2 Å². The third-order valence-corrected chi connectivity index (χ3v) is 7.85. The van der Waals surface area contributed by atoms with Crippen LogP contribution in [0.15, 0.2) is 89.3 Å². The van der Waals surface area contributed by atoms with Gasteiger partial charge in [-0.1, -0.05) is 89.7 Å². The van der Waals surface area contributed by atoms with Crippen LogP contribution >= 0.6 is 11.3 Å². The number of nitrogens with zero attached hydrogens (tertiary/aromatic N) is 3. The molecule has 4 rings (SSSR count). The molecule has 3 aromatic carbocycles. The fourth-order valence-corrected chi connectivity index (χ4v) is 5.68. The summed E-state index contributed by atoms with van der Waals surface area (Å²) in [5.74, 6) is -0.371. The van der Waals surface area contributed by atoms with Crippen molar-refractivity contribution in [1.29, 1.82) is 0 Å². The Kier molecular flexibility index (Phi) is 6.93. The predicted molar refractivity (Wildman–Crippen MR) is 128 cm³/mol. The second-order valence-corrected chi connectivity index (χ2v) is 10.5. The maximum Gasteiger partial charge on any atom is 0.272 e. The lowest BCUT2D eigenvalue weighted by Gasteiger charge is -2.21. The normalized spacial score (nSPS) is 11.5. The number of hydrogen-bond acceptors (Lipinski definition) is 6. The van der Waals surface area contributed by atoms with Gasteiger partial charge < -0.3 is 0 Å². The Morgan fingerprint density at radius 3 is 2.06 bits per heavy atom. The Balaban J connectivity index is 1.58. The van der Waals surface area contributed by atoms with Gasteiger partial charge in [-0.2, -0.15) is 4.31 Å². The Morgan fingerprint density at radius 1 is 0.879 bits per heavy atom. The van der Waals surface area contributed by atoms with E-state index in [9.17, 15) is 13.2 Å². The first-order valence-corrected chi connectivity index (χ1v) is 12.5. The van der Waals surface area contributed by atoms with Crippen molar-refractivity contribution in [2.75, 3.05) is 5.32 Å². The Bertz CT molecular complexity index is 1300. The van der Waals surface area contributed by atoms with Crippen molar-refractivity contribution in [3.8, 4) is 0 Å². The maximum atomic E-state index is 13.5. The minimum atomic E-state index is -3.96. The summed E-state index contributed by atoms with van der Waals surface area (Å²) >= 11 is 0.833. The van der Waals surface area contributed by atoms with E-state index in [4.69, 9.17) is 0 Å². The van der Waals surface area contributed by atoms with Crippen LogP contribution in [0.4, 0.5) is 5.13 Å². The SMILES string of the molecule is Cc1cccc(C(=O)Nc2nnc(S(=O)(=O)N(Cc3ccccc3)Cc3ccccc3)s2)c1. The van der Waals surface area contributed by atoms with Gasteiger partial charge in [0.05, 0.1) is 0 Å². The number of nitrogens with one attached hydrogen (secondary N) is 1. The van der Waals surface area contributed by atoms with Crippen molar-refractivity contribution < 1.29 is 13.2 Å². The second kappa shape index (κ2) is 10.0. The van der Waals surface area contributed by atoms with Gasteiger partial charge in [0, 0.05) is 18.7 Å². The highest BCUT2D eigenvalue weighted by atomic mass is 32.2. The number of hydrogen-bond donors (Lipinski definition) is 1. The van der Waals surface area contributed by atoms with E-state index >= 15 is 0 Å². The molecule has 1 heterocycles.